The van der Waals surface area contributed by atoms with Crippen LogP contribution in [0, 0.1) is 0 Å². The van der Waals surface area contributed by atoms with Gasteiger partial charge in [0.1, 0.15) is 12.4 Å². The van der Waals surface area contributed by atoms with Gasteiger partial charge in [0.15, 0.2) is 0 Å². The zero-order chi connectivity index (χ0) is 25.6. The van der Waals surface area contributed by atoms with Crippen LogP contribution in [0.15, 0.2) is 70.2 Å². The maximum atomic E-state index is 12.6. The molecule has 2 aromatic carbocycles. The molecule has 190 valence electrons. The van der Waals surface area contributed by atoms with Crippen LogP contribution in [0.5, 0.6) is 5.75 Å². The fourth-order valence-corrected chi connectivity index (χ4v) is 4.28. The van der Waals surface area contributed by atoms with Gasteiger partial charge in [-0.1, -0.05) is 41.0 Å². The molecule has 37 heavy (non-hydrogen) atoms. The Morgan fingerprint density at radius 2 is 2.11 bits per heavy atom. The molecule has 0 fully saturated rings. The third kappa shape index (κ3) is 6.14. The van der Waals surface area contributed by atoms with Crippen molar-refractivity contribution in [1.29, 1.82) is 0 Å². The minimum atomic E-state index is -0.476. The van der Waals surface area contributed by atoms with E-state index in [1.807, 2.05) is 24.3 Å². The topological polar surface area (TPSA) is 111 Å². The summed E-state index contributed by atoms with van der Waals surface area (Å²) in [5, 5.41) is 10.8. The van der Waals surface area contributed by atoms with E-state index in [1.165, 1.54) is 0 Å². The normalized spacial score (nSPS) is 16.5. The summed E-state index contributed by atoms with van der Waals surface area (Å²) in [5.41, 5.74) is 4.18. The maximum Gasteiger partial charge on any atom is 0.316 e. The Morgan fingerprint density at radius 1 is 1.22 bits per heavy atom. The first-order valence-corrected chi connectivity index (χ1v) is 12.3. The number of aromatic nitrogens is 2. The molecular formula is C27H26ClN5O4. The number of nitrogens with one attached hydrogen (secondary N) is 2. The average Bonchev–Trinajstić information content (AvgIpc) is 3.42. The SMILES string of the molecule is COCCOc1cc(C2=CCC3NCC=CC3=N2)cc(-c2noc(C(=O)NCc3cccc(Cl)c3)n2)c1. The van der Waals surface area contributed by atoms with Gasteiger partial charge in [-0.05, 0) is 48.4 Å². The Morgan fingerprint density at radius 3 is 2.97 bits per heavy atom. The number of amides is 1. The summed E-state index contributed by atoms with van der Waals surface area (Å²) >= 11 is 6.01. The molecule has 1 atom stereocenters. The van der Waals surface area contributed by atoms with E-state index < -0.39 is 5.91 Å². The van der Waals surface area contributed by atoms with Crippen molar-refractivity contribution < 1.29 is 18.8 Å². The fourth-order valence-electron chi connectivity index (χ4n) is 4.07. The quantitative estimate of drug-likeness (QED) is 0.410. The Balaban J connectivity index is 1.38. The highest BCUT2D eigenvalue weighted by Crippen LogP contribution is 2.31. The van der Waals surface area contributed by atoms with Crippen molar-refractivity contribution in [2.45, 2.75) is 19.0 Å². The molecule has 1 unspecified atom stereocenters. The van der Waals surface area contributed by atoms with Crippen molar-refractivity contribution in [1.82, 2.24) is 20.8 Å². The standard InChI is InChI=1S/C27H26ClN5O4/c1-35-10-11-36-21-14-18(22-7-8-23-24(31-22)6-3-9-29-23)13-19(15-21)25-32-27(37-33-25)26(34)30-16-17-4-2-5-20(28)12-17/h2-7,12-15,23,29H,8-11,16H2,1H3,(H,30,34). The number of hydrogen-bond donors (Lipinski definition) is 2. The number of rotatable bonds is 9. The zero-order valence-electron chi connectivity index (χ0n) is 20.2. The van der Waals surface area contributed by atoms with Crippen LogP contribution in [-0.4, -0.2) is 54.7 Å². The van der Waals surface area contributed by atoms with E-state index in [0.717, 1.165) is 35.5 Å². The molecule has 9 nitrogen and oxygen atoms in total. The van der Waals surface area contributed by atoms with Crippen LogP contribution < -0.4 is 15.4 Å². The van der Waals surface area contributed by atoms with Crippen molar-refractivity contribution in [3.05, 3.63) is 82.7 Å². The summed E-state index contributed by atoms with van der Waals surface area (Å²) < 4.78 is 16.3. The summed E-state index contributed by atoms with van der Waals surface area (Å²) in [6.45, 7) is 1.95. The van der Waals surface area contributed by atoms with Crippen LogP contribution in [0.25, 0.3) is 17.1 Å². The lowest BCUT2D eigenvalue weighted by Gasteiger charge is -2.24. The van der Waals surface area contributed by atoms with Gasteiger partial charge in [-0.15, -0.1) is 0 Å². The minimum absolute atomic E-state index is 0.136. The number of halogens is 1. The summed E-state index contributed by atoms with van der Waals surface area (Å²) in [4.78, 5) is 21.8. The van der Waals surface area contributed by atoms with E-state index in [9.17, 15) is 4.79 Å². The lowest BCUT2D eigenvalue weighted by Crippen LogP contribution is -2.39. The van der Waals surface area contributed by atoms with Crippen molar-refractivity contribution in [2.75, 3.05) is 26.9 Å². The second-order valence-electron chi connectivity index (χ2n) is 8.55. The van der Waals surface area contributed by atoms with Crippen LogP contribution >= 0.6 is 11.6 Å². The van der Waals surface area contributed by atoms with Crippen LogP contribution in [0.4, 0.5) is 0 Å². The number of benzene rings is 2. The molecular weight excluding hydrogens is 494 g/mol. The molecule has 10 heteroatoms. The van der Waals surface area contributed by atoms with Crippen LogP contribution in [0.1, 0.15) is 28.2 Å². The molecule has 3 aromatic rings. The first-order valence-electron chi connectivity index (χ1n) is 11.9. The maximum absolute atomic E-state index is 12.6. The lowest BCUT2D eigenvalue weighted by atomic mass is 9.98. The van der Waals surface area contributed by atoms with Gasteiger partial charge in [0.25, 0.3) is 0 Å². The Bertz CT molecular complexity index is 1380. The van der Waals surface area contributed by atoms with Gasteiger partial charge in [0.2, 0.25) is 5.82 Å². The molecule has 5 rings (SSSR count). The molecule has 1 aromatic heterocycles. The van der Waals surface area contributed by atoms with Crippen molar-refractivity contribution in [2.24, 2.45) is 4.99 Å². The molecule has 0 aliphatic carbocycles. The average molecular weight is 520 g/mol. The van der Waals surface area contributed by atoms with Crippen molar-refractivity contribution in [3.8, 4) is 17.1 Å². The molecule has 0 spiro atoms. The highest BCUT2D eigenvalue weighted by Gasteiger charge is 2.22. The number of nitrogens with zero attached hydrogens (tertiary/aromatic N) is 3. The highest BCUT2D eigenvalue weighted by molar-refractivity contribution is 6.30. The van der Waals surface area contributed by atoms with Gasteiger partial charge in [-0.3, -0.25) is 9.79 Å². The zero-order valence-corrected chi connectivity index (χ0v) is 21.0. The third-order valence-corrected chi connectivity index (χ3v) is 6.14. The van der Waals surface area contributed by atoms with E-state index in [-0.39, 0.29) is 24.3 Å². The summed E-state index contributed by atoms with van der Waals surface area (Å²) in [7, 11) is 1.62. The van der Waals surface area contributed by atoms with Crippen LogP contribution in [0.3, 0.4) is 0 Å². The monoisotopic (exact) mass is 519 g/mol. The summed E-state index contributed by atoms with van der Waals surface area (Å²) in [5.74, 6) is 0.271. The third-order valence-electron chi connectivity index (χ3n) is 5.90. The molecule has 2 aliphatic heterocycles. The van der Waals surface area contributed by atoms with Crippen molar-refractivity contribution >= 4 is 28.9 Å². The molecule has 0 bridgehead atoms. The number of ether oxygens (including phenoxy) is 2. The molecule has 3 heterocycles. The number of fused-ring (bicyclic) bond motifs is 1. The van der Waals surface area contributed by atoms with Gasteiger partial charge in [0.05, 0.1) is 24.1 Å². The van der Waals surface area contributed by atoms with Gasteiger partial charge in [-0.25, -0.2) is 0 Å². The number of hydrogen-bond acceptors (Lipinski definition) is 8. The highest BCUT2D eigenvalue weighted by atomic mass is 35.5. The number of carbonyl (C=O) groups excluding carboxylic acids is 1. The van der Waals surface area contributed by atoms with E-state index in [1.54, 1.807) is 25.3 Å². The first-order chi connectivity index (χ1) is 18.1. The predicted molar refractivity (Wildman–Crippen MR) is 141 cm³/mol. The van der Waals surface area contributed by atoms with Gasteiger partial charge >= 0.3 is 11.8 Å². The second-order valence-corrected chi connectivity index (χ2v) is 8.98. The van der Waals surface area contributed by atoms with Crippen LogP contribution in [-0.2, 0) is 11.3 Å². The number of methoxy groups -OCH3 is 1. The number of carbonyl (C=O) groups is 1. The van der Waals surface area contributed by atoms with E-state index in [2.05, 4.69) is 39.0 Å². The summed E-state index contributed by atoms with van der Waals surface area (Å²) in [6.07, 6.45) is 7.05. The number of aliphatic imine (C=N–C) groups is 1. The molecule has 2 N–H and O–H groups in total. The van der Waals surface area contributed by atoms with E-state index in [0.29, 0.717) is 29.5 Å². The smallest absolute Gasteiger partial charge is 0.316 e. The van der Waals surface area contributed by atoms with E-state index in [4.69, 9.17) is 30.6 Å². The van der Waals surface area contributed by atoms with E-state index >= 15 is 0 Å². The van der Waals surface area contributed by atoms with Crippen LogP contribution in [0.2, 0.25) is 5.02 Å². The molecule has 0 saturated carbocycles. The van der Waals surface area contributed by atoms with Gasteiger partial charge < -0.3 is 24.6 Å². The van der Waals surface area contributed by atoms with Crippen molar-refractivity contribution in [3.63, 3.8) is 0 Å². The Hall–Kier alpha value is -3.79. The predicted octanol–water partition coefficient (Wildman–Crippen LogP) is 4.06. The van der Waals surface area contributed by atoms with Gasteiger partial charge in [-0.2, -0.15) is 4.98 Å². The Labute approximate surface area is 219 Å². The first kappa shape index (κ1) is 24.9. The Kier molecular flexibility index (Phi) is 7.74. The largest absolute Gasteiger partial charge is 0.491 e. The molecule has 0 saturated heterocycles. The molecule has 2 aliphatic rings. The molecule has 1 amide bonds. The second kappa shape index (κ2) is 11.5. The molecule has 0 radical (unpaired) electrons. The van der Waals surface area contributed by atoms with Gasteiger partial charge in [0, 0.05) is 36.3 Å². The fraction of sp³-hybridized carbons (Fsp3) is 0.259. The lowest BCUT2D eigenvalue weighted by molar-refractivity contribution is 0.0907. The minimum Gasteiger partial charge on any atom is -0.491 e. The summed E-state index contributed by atoms with van der Waals surface area (Å²) in [6, 6.07) is 13.1.